The number of nitrogens with zero attached hydrogens (tertiary/aromatic N) is 5. The summed E-state index contributed by atoms with van der Waals surface area (Å²) in [6.45, 7) is 0.951. The molecule has 3 rings (SSSR count). The number of hydrogen-bond donors (Lipinski definition) is 1. The van der Waals surface area contributed by atoms with Crippen LogP contribution in [0.15, 0.2) is 42.0 Å². The first-order valence-corrected chi connectivity index (χ1v) is 9.27. The molecular formula is C18H19N5O3S. The van der Waals surface area contributed by atoms with E-state index in [-0.39, 0.29) is 12.3 Å². The maximum absolute atomic E-state index is 12.4. The minimum atomic E-state index is -0.855. The van der Waals surface area contributed by atoms with Gasteiger partial charge >= 0.3 is 5.97 Å². The number of hydrogen-bond acceptors (Lipinski definition) is 6. The highest BCUT2D eigenvalue weighted by Crippen LogP contribution is 2.18. The highest BCUT2D eigenvalue weighted by atomic mass is 32.1. The SMILES string of the molecule is CN(CCCC(=O)O)C(=O)c1ccc(Cn2cc(-c3nccs3)nn2)cc1. The minimum Gasteiger partial charge on any atom is -0.481 e. The van der Waals surface area contributed by atoms with Crippen LogP contribution in [0, 0.1) is 0 Å². The fourth-order valence-electron chi connectivity index (χ4n) is 2.55. The predicted molar refractivity (Wildman–Crippen MR) is 101 cm³/mol. The van der Waals surface area contributed by atoms with Crippen molar-refractivity contribution in [2.45, 2.75) is 19.4 Å². The van der Waals surface area contributed by atoms with Gasteiger partial charge in [0.2, 0.25) is 0 Å². The molecule has 0 spiro atoms. The van der Waals surface area contributed by atoms with Gasteiger partial charge < -0.3 is 10.0 Å². The zero-order chi connectivity index (χ0) is 19.2. The Hall–Kier alpha value is -3.07. The van der Waals surface area contributed by atoms with E-state index in [1.54, 1.807) is 30.1 Å². The number of aliphatic carboxylic acids is 1. The molecule has 3 aromatic rings. The molecule has 0 radical (unpaired) electrons. The molecule has 0 aliphatic carbocycles. The molecule has 0 unspecified atom stereocenters. The molecule has 8 nitrogen and oxygen atoms in total. The molecule has 1 amide bonds. The van der Waals surface area contributed by atoms with E-state index in [2.05, 4.69) is 15.3 Å². The lowest BCUT2D eigenvalue weighted by molar-refractivity contribution is -0.137. The number of rotatable bonds is 8. The van der Waals surface area contributed by atoms with E-state index in [1.807, 2.05) is 23.7 Å². The third-order valence-electron chi connectivity index (χ3n) is 3.97. The molecule has 0 atom stereocenters. The quantitative estimate of drug-likeness (QED) is 0.639. The van der Waals surface area contributed by atoms with Crippen LogP contribution in [0.1, 0.15) is 28.8 Å². The topological polar surface area (TPSA) is 101 Å². The molecule has 0 saturated carbocycles. The zero-order valence-electron chi connectivity index (χ0n) is 14.8. The van der Waals surface area contributed by atoms with Crippen molar-refractivity contribution in [3.8, 4) is 10.7 Å². The summed E-state index contributed by atoms with van der Waals surface area (Å²) < 4.78 is 1.73. The second-order valence-electron chi connectivity index (χ2n) is 6.06. The zero-order valence-corrected chi connectivity index (χ0v) is 15.6. The molecule has 0 fully saturated rings. The summed E-state index contributed by atoms with van der Waals surface area (Å²) in [6.07, 6.45) is 4.06. The summed E-state index contributed by atoms with van der Waals surface area (Å²) >= 11 is 1.51. The second-order valence-corrected chi connectivity index (χ2v) is 6.95. The van der Waals surface area contributed by atoms with Crippen molar-refractivity contribution in [2.75, 3.05) is 13.6 Å². The van der Waals surface area contributed by atoms with Gasteiger partial charge in [-0.2, -0.15) is 0 Å². The smallest absolute Gasteiger partial charge is 0.303 e. The van der Waals surface area contributed by atoms with Crippen molar-refractivity contribution in [3.05, 3.63) is 53.2 Å². The number of carbonyl (C=O) groups is 2. The van der Waals surface area contributed by atoms with Crippen LogP contribution in [0.3, 0.4) is 0 Å². The van der Waals surface area contributed by atoms with Gasteiger partial charge in [-0.1, -0.05) is 17.3 Å². The fraction of sp³-hybridized carbons (Fsp3) is 0.278. The van der Waals surface area contributed by atoms with Gasteiger partial charge in [-0.05, 0) is 24.1 Å². The number of carboxylic acids is 1. The third kappa shape index (κ3) is 4.98. The largest absolute Gasteiger partial charge is 0.481 e. The van der Waals surface area contributed by atoms with Crippen LogP contribution in [0.4, 0.5) is 0 Å². The van der Waals surface area contributed by atoms with Crippen molar-refractivity contribution in [1.82, 2.24) is 24.9 Å². The fourth-order valence-corrected chi connectivity index (χ4v) is 3.14. The number of thiazole rings is 1. The summed E-state index contributed by atoms with van der Waals surface area (Å²) in [7, 11) is 1.67. The van der Waals surface area contributed by atoms with E-state index >= 15 is 0 Å². The van der Waals surface area contributed by atoms with Crippen LogP contribution in [0.5, 0.6) is 0 Å². The van der Waals surface area contributed by atoms with Crippen LogP contribution in [0.2, 0.25) is 0 Å². The molecule has 2 heterocycles. The predicted octanol–water partition coefficient (Wildman–Crippen LogP) is 2.39. The molecule has 1 N–H and O–H groups in total. The molecule has 1 aromatic carbocycles. The summed E-state index contributed by atoms with van der Waals surface area (Å²) in [5.41, 5.74) is 2.30. The Labute approximate surface area is 160 Å². The van der Waals surface area contributed by atoms with Gasteiger partial charge in [0.05, 0.1) is 12.7 Å². The van der Waals surface area contributed by atoms with Crippen LogP contribution >= 0.6 is 11.3 Å². The Bertz CT molecular complexity index is 905. The first-order chi connectivity index (χ1) is 13.0. The van der Waals surface area contributed by atoms with Crippen molar-refractivity contribution in [3.63, 3.8) is 0 Å². The Morgan fingerprint density at radius 3 is 2.70 bits per heavy atom. The Balaban J connectivity index is 1.58. The van der Waals surface area contributed by atoms with Crippen LogP contribution in [-0.4, -0.2) is 55.5 Å². The summed E-state index contributed by atoms with van der Waals surface area (Å²) in [5.74, 6) is -0.981. The average molecular weight is 385 g/mol. The summed E-state index contributed by atoms with van der Waals surface area (Å²) in [4.78, 5) is 28.7. The molecule has 0 aliphatic rings. The van der Waals surface area contributed by atoms with Crippen molar-refractivity contribution in [1.29, 1.82) is 0 Å². The van der Waals surface area contributed by atoms with Crippen molar-refractivity contribution < 1.29 is 14.7 Å². The standard InChI is InChI=1S/C18H19N5O3S/c1-22(9-2-3-16(24)25)18(26)14-6-4-13(5-7-14)11-23-12-15(20-21-23)17-19-8-10-27-17/h4-8,10,12H,2-3,9,11H2,1H3,(H,24,25). The van der Waals surface area contributed by atoms with Gasteiger partial charge in [-0.15, -0.1) is 16.4 Å². The van der Waals surface area contributed by atoms with Gasteiger partial charge in [0, 0.05) is 37.2 Å². The lowest BCUT2D eigenvalue weighted by Crippen LogP contribution is -2.28. The van der Waals surface area contributed by atoms with Gasteiger partial charge in [0.25, 0.3) is 5.91 Å². The van der Waals surface area contributed by atoms with Crippen LogP contribution < -0.4 is 0 Å². The first kappa shape index (κ1) is 18.7. The summed E-state index contributed by atoms with van der Waals surface area (Å²) in [6, 6.07) is 7.29. The Morgan fingerprint density at radius 1 is 1.26 bits per heavy atom. The molecule has 2 aromatic heterocycles. The van der Waals surface area contributed by atoms with Gasteiger partial charge in [-0.25, -0.2) is 9.67 Å². The van der Waals surface area contributed by atoms with E-state index < -0.39 is 5.97 Å². The van der Waals surface area contributed by atoms with E-state index in [1.165, 1.54) is 16.2 Å². The third-order valence-corrected chi connectivity index (χ3v) is 4.76. The van der Waals surface area contributed by atoms with Gasteiger partial charge in [-0.3, -0.25) is 9.59 Å². The average Bonchev–Trinajstić information content (AvgIpc) is 3.33. The number of carboxylic acid groups (broad SMARTS) is 1. The maximum Gasteiger partial charge on any atom is 0.303 e. The number of amides is 1. The summed E-state index contributed by atoms with van der Waals surface area (Å²) in [5, 5.41) is 19.6. The monoisotopic (exact) mass is 385 g/mol. The van der Waals surface area contributed by atoms with Crippen molar-refractivity contribution >= 4 is 23.2 Å². The lowest BCUT2D eigenvalue weighted by atomic mass is 10.1. The number of aromatic nitrogens is 4. The molecule has 0 aliphatic heterocycles. The Kier molecular flexibility index (Phi) is 5.92. The van der Waals surface area contributed by atoms with E-state index in [0.717, 1.165) is 16.3 Å². The van der Waals surface area contributed by atoms with E-state index in [0.29, 0.717) is 25.1 Å². The molecule has 27 heavy (non-hydrogen) atoms. The molecule has 140 valence electrons. The number of carbonyl (C=O) groups excluding carboxylic acids is 1. The molecular weight excluding hydrogens is 366 g/mol. The first-order valence-electron chi connectivity index (χ1n) is 8.39. The van der Waals surface area contributed by atoms with Gasteiger partial charge in [0.15, 0.2) is 0 Å². The normalized spacial score (nSPS) is 10.7. The highest BCUT2D eigenvalue weighted by molar-refractivity contribution is 7.13. The highest BCUT2D eigenvalue weighted by Gasteiger charge is 2.12. The van der Waals surface area contributed by atoms with Crippen LogP contribution in [0.25, 0.3) is 10.7 Å². The van der Waals surface area contributed by atoms with Crippen molar-refractivity contribution in [2.24, 2.45) is 0 Å². The van der Waals surface area contributed by atoms with E-state index in [9.17, 15) is 9.59 Å². The maximum atomic E-state index is 12.4. The minimum absolute atomic E-state index is 0.0530. The van der Waals surface area contributed by atoms with Gasteiger partial charge in [0.1, 0.15) is 10.7 Å². The van der Waals surface area contributed by atoms with E-state index in [4.69, 9.17) is 5.11 Å². The van der Waals surface area contributed by atoms with Crippen LogP contribution in [-0.2, 0) is 11.3 Å². The molecule has 9 heteroatoms. The Morgan fingerprint density at radius 2 is 2.04 bits per heavy atom. The lowest BCUT2D eigenvalue weighted by Gasteiger charge is -2.16. The molecule has 0 saturated heterocycles. The second kappa shape index (κ2) is 8.54. The number of benzene rings is 1. The molecule has 0 bridgehead atoms.